The summed E-state index contributed by atoms with van der Waals surface area (Å²) in [6.45, 7) is 0.960. The van der Waals surface area contributed by atoms with Crippen molar-refractivity contribution in [2.75, 3.05) is 31.3 Å². The standard InChI is InChI=1S/C12H14F3N5O/c1-21-7-6-17-11-18-10(16)20(19-11)9-4-2-8(3-5-9)12(13,14)15/h2-5H,6-7H2,1H3,(H3,16,17,18,19). The van der Waals surface area contributed by atoms with Crippen LogP contribution in [0, 0.1) is 0 Å². The molecule has 1 heterocycles. The van der Waals surface area contributed by atoms with Crippen molar-refractivity contribution >= 4 is 11.9 Å². The van der Waals surface area contributed by atoms with Gasteiger partial charge in [-0.2, -0.15) is 22.8 Å². The molecule has 0 aliphatic heterocycles. The number of nitrogens with one attached hydrogen (secondary N) is 1. The lowest BCUT2D eigenvalue weighted by atomic mass is 10.2. The van der Waals surface area contributed by atoms with E-state index in [1.165, 1.54) is 16.8 Å². The summed E-state index contributed by atoms with van der Waals surface area (Å²) in [6, 6.07) is 4.50. The minimum atomic E-state index is -4.38. The fraction of sp³-hybridized carbons (Fsp3) is 0.333. The van der Waals surface area contributed by atoms with Gasteiger partial charge in [0.15, 0.2) is 0 Å². The van der Waals surface area contributed by atoms with Gasteiger partial charge in [0.25, 0.3) is 0 Å². The van der Waals surface area contributed by atoms with E-state index >= 15 is 0 Å². The van der Waals surface area contributed by atoms with E-state index in [-0.39, 0.29) is 11.9 Å². The Kier molecular flexibility index (Phi) is 4.32. The van der Waals surface area contributed by atoms with Gasteiger partial charge in [0.1, 0.15) is 0 Å². The number of hydrogen-bond donors (Lipinski definition) is 2. The van der Waals surface area contributed by atoms with Crippen molar-refractivity contribution in [1.82, 2.24) is 14.8 Å². The van der Waals surface area contributed by atoms with Crippen molar-refractivity contribution < 1.29 is 17.9 Å². The predicted molar refractivity (Wildman–Crippen MR) is 71.1 cm³/mol. The second kappa shape index (κ2) is 6.00. The molecule has 0 bridgehead atoms. The van der Waals surface area contributed by atoms with Gasteiger partial charge in [0, 0.05) is 13.7 Å². The zero-order valence-electron chi connectivity index (χ0n) is 11.2. The largest absolute Gasteiger partial charge is 0.416 e. The monoisotopic (exact) mass is 301 g/mol. The molecule has 0 amide bonds. The molecular formula is C12H14F3N5O. The molecule has 0 fully saturated rings. The molecule has 0 radical (unpaired) electrons. The molecular weight excluding hydrogens is 287 g/mol. The number of benzene rings is 1. The molecule has 0 aliphatic carbocycles. The maximum Gasteiger partial charge on any atom is 0.416 e. The van der Waals surface area contributed by atoms with Gasteiger partial charge in [-0.15, -0.1) is 5.10 Å². The number of nitrogens with two attached hydrogens (primary N) is 1. The summed E-state index contributed by atoms with van der Waals surface area (Å²) in [5.74, 6) is 0.360. The van der Waals surface area contributed by atoms with Crippen LogP contribution >= 0.6 is 0 Å². The van der Waals surface area contributed by atoms with Gasteiger partial charge in [0.05, 0.1) is 17.9 Å². The van der Waals surface area contributed by atoms with Crippen LogP contribution in [0.4, 0.5) is 25.1 Å². The fourth-order valence-corrected chi connectivity index (χ4v) is 1.65. The average Bonchev–Trinajstić information content (AvgIpc) is 2.79. The number of hydrogen-bond acceptors (Lipinski definition) is 5. The summed E-state index contributed by atoms with van der Waals surface area (Å²) in [4.78, 5) is 3.97. The van der Waals surface area contributed by atoms with E-state index in [2.05, 4.69) is 15.4 Å². The maximum absolute atomic E-state index is 12.5. The Hall–Kier alpha value is -2.29. The quantitative estimate of drug-likeness (QED) is 0.825. The topological polar surface area (TPSA) is 78.0 Å². The molecule has 1 aromatic carbocycles. The Morgan fingerprint density at radius 2 is 1.95 bits per heavy atom. The third-order valence-corrected chi connectivity index (χ3v) is 2.66. The molecule has 0 atom stereocenters. The van der Waals surface area contributed by atoms with E-state index in [1.54, 1.807) is 7.11 Å². The van der Waals surface area contributed by atoms with Gasteiger partial charge in [-0.05, 0) is 24.3 Å². The maximum atomic E-state index is 12.5. The summed E-state index contributed by atoms with van der Waals surface area (Å²) in [5.41, 5.74) is 5.36. The third-order valence-electron chi connectivity index (χ3n) is 2.66. The van der Waals surface area contributed by atoms with Gasteiger partial charge in [-0.25, -0.2) is 0 Å². The number of rotatable bonds is 5. The second-order valence-corrected chi connectivity index (χ2v) is 4.17. The van der Waals surface area contributed by atoms with E-state index in [1.807, 2.05) is 0 Å². The zero-order valence-corrected chi connectivity index (χ0v) is 11.2. The number of ether oxygens (including phenoxy) is 1. The van der Waals surface area contributed by atoms with Crippen LogP contribution in [-0.4, -0.2) is 35.0 Å². The first kappa shape index (κ1) is 15.1. The first-order chi connectivity index (χ1) is 9.91. The van der Waals surface area contributed by atoms with Crippen LogP contribution in [0.25, 0.3) is 5.69 Å². The Labute approximate surface area is 118 Å². The molecule has 9 heteroatoms. The molecule has 1 aromatic heterocycles. The van der Waals surface area contributed by atoms with Crippen LogP contribution in [0.15, 0.2) is 24.3 Å². The Morgan fingerprint density at radius 1 is 1.29 bits per heavy atom. The van der Waals surface area contributed by atoms with E-state index in [0.717, 1.165) is 12.1 Å². The van der Waals surface area contributed by atoms with E-state index in [9.17, 15) is 13.2 Å². The van der Waals surface area contributed by atoms with Crippen molar-refractivity contribution in [3.63, 3.8) is 0 Å². The first-order valence-corrected chi connectivity index (χ1v) is 6.05. The Balaban J connectivity index is 2.18. The lowest BCUT2D eigenvalue weighted by molar-refractivity contribution is -0.137. The number of methoxy groups -OCH3 is 1. The lowest BCUT2D eigenvalue weighted by Crippen LogP contribution is -2.09. The fourth-order valence-electron chi connectivity index (χ4n) is 1.65. The molecule has 6 nitrogen and oxygen atoms in total. The van der Waals surface area contributed by atoms with Crippen LogP contribution in [0.3, 0.4) is 0 Å². The van der Waals surface area contributed by atoms with Crippen LogP contribution < -0.4 is 11.1 Å². The summed E-state index contributed by atoms with van der Waals surface area (Å²) >= 11 is 0. The molecule has 3 N–H and O–H groups in total. The van der Waals surface area contributed by atoms with Crippen LogP contribution in [-0.2, 0) is 10.9 Å². The number of aromatic nitrogens is 3. The molecule has 0 spiro atoms. The normalized spacial score (nSPS) is 11.6. The minimum Gasteiger partial charge on any atom is -0.383 e. The number of nitrogen functional groups attached to an aromatic ring is 1. The second-order valence-electron chi connectivity index (χ2n) is 4.17. The van der Waals surface area contributed by atoms with Crippen molar-refractivity contribution in [2.24, 2.45) is 0 Å². The minimum absolute atomic E-state index is 0.0784. The number of alkyl halides is 3. The van der Waals surface area contributed by atoms with E-state index < -0.39 is 11.7 Å². The highest BCUT2D eigenvalue weighted by Gasteiger charge is 2.30. The highest BCUT2D eigenvalue weighted by Crippen LogP contribution is 2.29. The van der Waals surface area contributed by atoms with Crippen LogP contribution in [0.1, 0.15) is 5.56 Å². The number of anilines is 2. The highest BCUT2D eigenvalue weighted by atomic mass is 19.4. The van der Waals surface area contributed by atoms with Crippen molar-refractivity contribution in [3.05, 3.63) is 29.8 Å². The third kappa shape index (κ3) is 3.63. The van der Waals surface area contributed by atoms with Gasteiger partial charge < -0.3 is 15.8 Å². The highest BCUT2D eigenvalue weighted by molar-refractivity contribution is 5.43. The molecule has 2 aromatic rings. The Morgan fingerprint density at radius 3 is 2.52 bits per heavy atom. The molecule has 114 valence electrons. The van der Waals surface area contributed by atoms with Crippen molar-refractivity contribution in [2.45, 2.75) is 6.18 Å². The zero-order chi connectivity index (χ0) is 15.5. The van der Waals surface area contributed by atoms with Crippen molar-refractivity contribution in [1.29, 1.82) is 0 Å². The van der Waals surface area contributed by atoms with Crippen LogP contribution in [0.2, 0.25) is 0 Å². The molecule has 0 unspecified atom stereocenters. The van der Waals surface area contributed by atoms with E-state index in [0.29, 0.717) is 18.8 Å². The summed E-state index contributed by atoms with van der Waals surface area (Å²) < 4.78 is 43.6. The Bertz CT molecular complexity index is 594. The van der Waals surface area contributed by atoms with Gasteiger partial charge in [-0.1, -0.05) is 0 Å². The molecule has 2 rings (SSSR count). The lowest BCUT2D eigenvalue weighted by Gasteiger charge is -2.07. The number of nitrogens with zero attached hydrogens (tertiary/aromatic N) is 3. The first-order valence-electron chi connectivity index (χ1n) is 6.05. The van der Waals surface area contributed by atoms with Gasteiger partial charge in [-0.3, -0.25) is 0 Å². The van der Waals surface area contributed by atoms with E-state index in [4.69, 9.17) is 10.5 Å². The smallest absolute Gasteiger partial charge is 0.383 e. The predicted octanol–water partition coefficient (Wildman–Crippen LogP) is 1.93. The van der Waals surface area contributed by atoms with Crippen LogP contribution in [0.5, 0.6) is 0 Å². The SMILES string of the molecule is COCCNc1nc(N)n(-c2ccc(C(F)(F)F)cc2)n1. The summed E-state index contributed by atoms with van der Waals surface area (Å²) in [7, 11) is 1.56. The number of halogens is 3. The molecule has 0 saturated carbocycles. The summed E-state index contributed by atoms with van der Waals surface area (Å²) in [6.07, 6.45) is -4.38. The van der Waals surface area contributed by atoms with Gasteiger partial charge >= 0.3 is 6.18 Å². The van der Waals surface area contributed by atoms with Crippen molar-refractivity contribution in [3.8, 4) is 5.69 Å². The molecule has 0 aliphatic rings. The molecule has 0 saturated heterocycles. The average molecular weight is 301 g/mol. The summed E-state index contributed by atoms with van der Waals surface area (Å²) in [5, 5.41) is 6.96. The molecule has 21 heavy (non-hydrogen) atoms. The van der Waals surface area contributed by atoms with Gasteiger partial charge in [0.2, 0.25) is 11.9 Å².